The van der Waals surface area contributed by atoms with Gasteiger partial charge in [0.1, 0.15) is 0 Å². The van der Waals surface area contributed by atoms with Crippen molar-refractivity contribution in [3.63, 3.8) is 0 Å². The van der Waals surface area contributed by atoms with Gasteiger partial charge in [-0.25, -0.2) is 0 Å². The maximum atomic E-state index is 2.57. The van der Waals surface area contributed by atoms with E-state index in [9.17, 15) is 0 Å². The molecular formula is C15H24N2. The van der Waals surface area contributed by atoms with Crippen molar-refractivity contribution in [1.29, 1.82) is 0 Å². The molecule has 1 aromatic rings. The molecule has 0 bridgehead atoms. The molecule has 17 heavy (non-hydrogen) atoms. The van der Waals surface area contributed by atoms with Crippen LogP contribution >= 0.6 is 0 Å². The molecule has 94 valence electrons. The third kappa shape index (κ3) is 3.30. The Bertz CT molecular complexity index is 334. The van der Waals surface area contributed by atoms with Crippen molar-refractivity contribution < 1.29 is 0 Å². The lowest BCUT2D eigenvalue weighted by Crippen LogP contribution is -2.38. The first-order valence-corrected chi connectivity index (χ1v) is 6.65. The minimum absolute atomic E-state index is 0.650. The molecule has 2 nitrogen and oxygen atoms in total. The van der Waals surface area contributed by atoms with Gasteiger partial charge >= 0.3 is 0 Å². The van der Waals surface area contributed by atoms with E-state index < -0.39 is 0 Å². The maximum Gasteiger partial charge on any atom is 0.0235 e. The topological polar surface area (TPSA) is 6.48 Å². The second-order valence-electron chi connectivity index (χ2n) is 5.42. The number of likely N-dealkylation sites (N-methyl/N-ethyl adjacent to an activating group) is 1. The van der Waals surface area contributed by atoms with E-state index in [0.29, 0.717) is 6.04 Å². The van der Waals surface area contributed by atoms with Gasteiger partial charge in [-0.05, 0) is 32.9 Å². The van der Waals surface area contributed by atoms with Crippen LogP contribution in [0.4, 0.5) is 0 Å². The lowest BCUT2D eigenvalue weighted by Gasteiger charge is -2.28. The fraction of sp³-hybridized carbons (Fsp3) is 0.600. The van der Waals surface area contributed by atoms with Crippen LogP contribution in [0.25, 0.3) is 0 Å². The van der Waals surface area contributed by atoms with Crippen molar-refractivity contribution >= 4 is 0 Å². The Morgan fingerprint density at radius 3 is 2.65 bits per heavy atom. The lowest BCUT2D eigenvalue weighted by atomic mass is 10.2. The highest BCUT2D eigenvalue weighted by Crippen LogP contribution is 2.18. The van der Waals surface area contributed by atoms with Crippen LogP contribution in [0.2, 0.25) is 0 Å². The van der Waals surface area contributed by atoms with E-state index in [1.165, 1.54) is 25.1 Å². The monoisotopic (exact) mass is 232 g/mol. The van der Waals surface area contributed by atoms with Gasteiger partial charge in [0.05, 0.1) is 0 Å². The molecule has 1 aromatic carbocycles. The van der Waals surface area contributed by atoms with Crippen LogP contribution in [-0.2, 0) is 6.54 Å². The molecule has 1 unspecified atom stereocenters. The quantitative estimate of drug-likeness (QED) is 0.787. The lowest BCUT2D eigenvalue weighted by molar-refractivity contribution is 0.190. The van der Waals surface area contributed by atoms with Crippen LogP contribution in [0.5, 0.6) is 0 Å². The normalized spacial score (nSPS) is 21.6. The van der Waals surface area contributed by atoms with Crippen molar-refractivity contribution in [2.24, 2.45) is 0 Å². The number of hydrogen-bond acceptors (Lipinski definition) is 2. The van der Waals surface area contributed by atoms with E-state index in [4.69, 9.17) is 0 Å². The minimum Gasteiger partial charge on any atom is -0.300 e. The summed E-state index contributed by atoms with van der Waals surface area (Å²) >= 11 is 0. The summed E-state index contributed by atoms with van der Waals surface area (Å²) < 4.78 is 0. The molecule has 1 aliphatic rings. The summed E-state index contributed by atoms with van der Waals surface area (Å²) in [5.74, 6) is 0. The molecule has 0 saturated carbocycles. The summed E-state index contributed by atoms with van der Waals surface area (Å²) in [5.41, 5.74) is 1.43. The summed E-state index contributed by atoms with van der Waals surface area (Å²) in [4.78, 5) is 5.07. The molecule has 0 aromatic heterocycles. The zero-order chi connectivity index (χ0) is 12.3. The summed E-state index contributed by atoms with van der Waals surface area (Å²) in [7, 11) is 2.25. The van der Waals surface area contributed by atoms with Gasteiger partial charge in [0.15, 0.2) is 0 Å². The highest BCUT2D eigenvalue weighted by molar-refractivity contribution is 5.14. The van der Waals surface area contributed by atoms with Gasteiger partial charge in [-0.3, -0.25) is 9.80 Å². The molecule has 0 radical (unpaired) electrons. The minimum atomic E-state index is 0.650. The van der Waals surface area contributed by atoms with E-state index in [0.717, 1.165) is 12.6 Å². The molecule has 0 spiro atoms. The van der Waals surface area contributed by atoms with Crippen LogP contribution in [0.3, 0.4) is 0 Å². The number of nitrogens with zero attached hydrogens (tertiary/aromatic N) is 2. The van der Waals surface area contributed by atoms with Gasteiger partial charge in [0, 0.05) is 31.7 Å². The Morgan fingerprint density at radius 1 is 1.29 bits per heavy atom. The Labute approximate surface area is 105 Å². The van der Waals surface area contributed by atoms with Crippen LogP contribution in [-0.4, -0.2) is 42.0 Å². The van der Waals surface area contributed by atoms with Crippen LogP contribution in [0, 0.1) is 0 Å². The maximum absolute atomic E-state index is 2.57. The summed E-state index contributed by atoms with van der Waals surface area (Å²) in [5, 5.41) is 0. The number of likely N-dealkylation sites (tertiary alicyclic amines) is 1. The Balaban J connectivity index is 1.86. The third-order valence-corrected chi connectivity index (χ3v) is 3.89. The zero-order valence-electron chi connectivity index (χ0n) is 11.3. The van der Waals surface area contributed by atoms with E-state index in [1.54, 1.807) is 0 Å². The van der Waals surface area contributed by atoms with Gasteiger partial charge in [0.25, 0.3) is 0 Å². The van der Waals surface area contributed by atoms with Crippen LogP contribution in [0.15, 0.2) is 30.3 Å². The molecule has 1 heterocycles. The molecular weight excluding hydrogens is 208 g/mol. The van der Waals surface area contributed by atoms with Crippen molar-refractivity contribution in [1.82, 2.24) is 9.80 Å². The van der Waals surface area contributed by atoms with Crippen LogP contribution in [0.1, 0.15) is 25.8 Å². The van der Waals surface area contributed by atoms with E-state index >= 15 is 0 Å². The number of rotatable bonds is 4. The SMILES string of the molecule is CC(C)N(C)C1CCN(Cc2ccccc2)C1. The largest absolute Gasteiger partial charge is 0.300 e. The van der Waals surface area contributed by atoms with Gasteiger partial charge in [0.2, 0.25) is 0 Å². The Hall–Kier alpha value is -0.860. The molecule has 2 rings (SSSR count). The Morgan fingerprint density at radius 2 is 2.00 bits per heavy atom. The van der Waals surface area contributed by atoms with Crippen LogP contribution < -0.4 is 0 Å². The first kappa shape index (κ1) is 12.6. The number of hydrogen-bond donors (Lipinski definition) is 0. The average molecular weight is 232 g/mol. The molecule has 0 amide bonds. The average Bonchev–Trinajstić information content (AvgIpc) is 2.77. The van der Waals surface area contributed by atoms with Crippen molar-refractivity contribution in [2.45, 2.75) is 38.9 Å². The highest BCUT2D eigenvalue weighted by Gasteiger charge is 2.26. The summed E-state index contributed by atoms with van der Waals surface area (Å²) in [6.07, 6.45) is 1.31. The smallest absolute Gasteiger partial charge is 0.0235 e. The predicted molar refractivity (Wildman–Crippen MR) is 73.0 cm³/mol. The zero-order valence-corrected chi connectivity index (χ0v) is 11.3. The molecule has 1 aliphatic heterocycles. The summed E-state index contributed by atoms with van der Waals surface area (Å²) in [6, 6.07) is 12.2. The van der Waals surface area contributed by atoms with Gasteiger partial charge in [-0.2, -0.15) is 0 Å². The standard InChI is InChI=1S/C15H24N2/c1-13(2)16(3)15-9-10-17(12-15)11-14-7-5-4-6-8-14/h4-8,13,15H,9-12H2,1-3H3. The highest BCUT2D eigenvalue weighted by atomic mass is 15.2. The first-order valence-electron chi connectivity index (χ1n) is 6.65. The summed E-state index contributed by atoms with van der Waals surface area (Å²) in [6.45, 7) is 8.10. The fourth-order valence-electron chi connectivity index (χ4n) is 2.55. The molecule has 1 atom stereocenters. The molecule has 1 fully saturated rings. The predicted octanol–water partition coefficient (Wildman–Crippen LogP) is 2.60. The Kier molecular flexibility index (Phi) is 4.19. The van der Waals surface area contributed by atoms with Crippen molar-refractivity contribution in [3.8, 4) is 0 Å². The second-order valence-corrected chi connectivity index (χ2v) is 5.42. The van der Waals surface area contributed by atoms with Gasteiger partial charge in [-0.1, -0.05) is 30.3 Å². The van der Waals surface area contributed by atoms with E-state index in [2.05, 4.69) is 61.0 Å². The molecule has 2 heteroatoms. The van der Waals surface area contributed by atoms with Crippen molar-refractivity contribution in [2.75, 3.05) is 20.1 Å². The van der Waals surface area contributed by atoms with Gasteiger partial charge < -0.3 is 0 Å². The third-order valence-electron chi connectivity index (χ3n) is 3.89. The second kappa shape index (κ2) is 5.65. The van der Waals surface area contributed by atoms with Gasteiger partial charge in [-0.15, -0.1) is 0 Å². The first-order chi connectivity index (χ1) is 8.16. The molecule has 0 N–H and O–H groups in total. The molecule has 0 aliphatic carbocycles. The van der Waals surface area contributed by atoms with Crippen molar-refractivity contribution in [3.05, 3.63) is 35.9 Å². The van der Waals surface area contributed by atoms with E-state index in [-0.39, 0.29) is 0 Å². The molecule has 1 saturated heterocycles. The van der Waals surface area contributed by atoms with E-state index in [1.807, 2.05) is 0 Å². The fourth-order valence-corrected chi connectivity index (χ4v) is 2.55. The number of benzene rings is 1.